The van der Waals surface area contributed by atoms with Crippen molar-refractivity contribution in [1.82, 2.24) is 19.9 Å². The first-order chi connectivity index (χ1) is 10.6. The first kappa shape index (κ1) is 14.2. The van der Waals surface area contributed by atoms with Crippen molar-refractivity contribution in [3.63, 3.8) is 0 Å². The fourth-order valence-corrected chi connectivity index (χ4v) is 2.10. The van der Waals surface area contributed by atoms with Crippen molar-refractivity contribution in [1.29, 1.82) is 0 Å². The molecule has 0 fully saturated rings. The normalized spacial score (nSPS) is 12.5. The van der Waals surface area contributed by atoms with Crippen LogP contribution in [-0.2, 0) is 0 Å². The molecule has 1 unspecified atom stereocenters. The lowest BCUT2D eigenvalue weighted by Gasteiger charge is -2.15. The molecule has 6 nitrogen and oxygen atoms in total. The smallest absolute Gasteiger partial charge is 0.387 e. The second kappa shape index (κ2) is 5.92. The molecule has 1 aromatic carbocycles. The van der Waals surface area contributed by atoms with E-state index >= 15 is 0 Å². The Hall–Kier alpha value is -2.77. The summed E-state index contributed by atoms with van der Waals surface area (Å²) >= 11 is 0. The van der Waals surface area contributed by atoms with Crippen LogP contribution in [0, 0.1) is 0 Å². The topological polar surface area (TPSA) is 75.7 Å². The first-order valence-electron chi connectivity index (χ1n) is 6.59. The lowest BCUT2D eigenvalue weighted by Crippen LogP contribution is -2.09. The van der Waals surface area contributed by atoms with Gasteiger partial charge in [0.25, 0.3) is 0 Å². The van der Waals surface area contributed by atoms with Crippen molar-refractivity contribution >= 4 is 17.0 Å². The van der Waals surface area contributed by atoms with Gasteiger partial charge in [-0.15, -0.1) is 0 Å². The number of nitrogens with one attached hydrogen (secondary N) is 2. The summed E-state index contributed by atoms with van der Waals surface area (Å²) in [5.41, 5.74) is 2.20. The van der Waals surface area contributed by atoms with Gasteiger partial charge in [-0.1, -0.05) is 12.1 Å². The zero-order chi connectivity index (χ0) is 15.5. The van der Waals surface area contributed by atoms with Gasteiger partial charge in [0.1, 0.15) is 17.6 Å². The fourth-order valence-electron chi connectivity index (χ4n) is 2.10. The summed E-state index contributed by atoms with van der Waals surface area (Å²) in [6.45, 7) is -0.885. The van der Waals surface area contributed by atoms with Crippen LogP contribution < -0.4 is 10.1 Å². The Morgan fingerprint density at radius 3 is 2.64 bits per heavy atom. The third kappa shape index (κ3) is 2.95. The predicted octanol–water partition coefficient (Wildman–Crippen LogP) is 3.13. The van der Waals surface area contributed by atoms with Crippen molar-refractivity contribution in [3.05, 3.63) is 42.5 Å². The van der Waals surface area contributed by atoms with E-state index in [4.69, 9.17) is 0 Å². The van der Waals surface area contributed by atoms with Gasteiger partial charge in [0.05, 0.1) is 12.4 Å². The number of ether oxygens (including phenoxy) is 1. The van der Waals surface area contributed by atoms with Gasteiger partial charge in [-0.3, -0.25) is 0 Å². The van der Waals surface area contributed by atoms with Gasteiger partial charge >= 0.3 is 6.61 Å². The summed E-state index contributed by atoms with van der Waals surface area (Å²) in [4.78, 5) is 15.3. The number of nitrogens with zero attached hydrogens (tertiary/aromatic N) is 3. The Labute approximate surface area is 124 Å². The van der Waals surface area contributed by atoms with Crippen LogP contribution in [0.3, 0.4) is 0 Å². The predicted molar refractivity (Wildman–Crippen MR) is 76.8 cm³/mol. The third-order valence-corrected chi connectivity index (χ3v) is 3.18. The molecule has 114 valence electrons. The molecule has 2 N–H and O–H groups in total. The summed E-state index contributed by atoms with van der Waals surface area (Å²) in [5.74, 6) is 0.756. The number of aromatic nitrogens is 4. The molecule has 0 saturated carbocycles. The standard InChI is InChI=1S/C14H13F2N5O/c1-8(9-2-4-10(5-3-9)22-14(15)16)21-13-11-12(18-6-17-11)19-7-20-13/h2-8,14H,1H3,(H2,17,18,19,20,21). The number of hydrogen-bond donors (Lipinski definition) is 2. The van der Waals surface area contributed by atoms with Gasteiger partial charge in [-0.2, -0.15) is 8.78 Å². The zero-order valence-electron chi connectivity index (χ0n) is 11.6. The summed E-state index contributed by atoms with van der Waals surface area (Å²) in [5, 5.41) is 3.24. The highest BCUT2D eigenvalue weighted by molar-refractivity contribution is 5.82. The number of hydrogen-bond acceptors (Lipinski definition) is 5. The van der Waals surface area contributed by atoms with Gasteiger partial charge in [-0.05, 0) is 24.6 Å². The largest absolute Gasteiger partial charge is 0.435 e. The number of fused-ring (bicyclic) bond motifs is 1. The Balaban J connectivity index is 1.76. The van der Waals surface area contributed by atoms with Gasteiger partial charge in [0, 0.05) is 0 Å². The number of H-pyrrole nitrogens is 1. The molecule has 0 radical (unpaired) electrons. The Morgan fingerprint density at radius 1 is 1.14 bits per heavy atom. The maximum Gasteiger partial charge on any atom is 0.387 e. The molecular formula is C14H13F2N5O. The van der Waals surface area contributed by atoms with Gasteiger partial charge in [0.2, 0.25) is 0 Å². The molecule has 0 aliphatic carbocycles. The molecule has 0 bridgehead atoms. The molecule has 3 aromatic rings. The number of alkyl halides is 2. The highest BCUT2D eigenvalue weighted by Crippen LogP contribution is 2.24. The molecule has 2 heterocycles. The Morgan fingerprint density at radius 2 is 1.91 bits per heavy atom. The van der Waals surface area contributed by atoms with Crippen LogP contribution in [0.2, 0.25) is 0 Å². The van der Waals surface area contributed by atoms with E-state index in [-0.39, 0.29) is 11.8 Å². The summed E-state index contributed by atoms with van der Waals surface area (Å²) in [7, 11) is 0. The van der Waals surface area contributed by atoms with Crippen LogP contribution in [0.1, 0.15) is 18.5 Å². The van der Waals surface area contributed by atoms with Crippen LogP contribution in [0.15, 0.2) is 36.9 Å². The Bertz CT molecular complexity index is 759. The summed E-state index contributed by atoms with van der Waals surface area (Å²) in [6.07, 6.45) is 2.98. The van der Waals surface area contributed by atoms with E-state index in [1.165, 1.54) is 18.5 Å². The van der Waals surface area contributed by atoms with Crippen LogP contribution in [-0.4, -0.2) is 26.5 Å². The molecule has 8 heteroatoms. The zero-order valence-corrected chi connectivity index (χ0v) is 11.6. The maximum atomic E-state index is 12.1. The second-order valence-corrected chi connectivity index (χ2v) is 4.64. The van der Waals surface area contributed by atoms with E-state index in [1.54, 1.807) is 18.5 Å². The minimum atomic E-state index is -2.82. The number of halogens is 2. The number of imidazole rings is 1. The molecule has 1 atom stereocenters. The van der Waals surface area contributed by atoms with Gasteiger partial charge < -0.3 is 15.0 Å². The number of benzene rings is 1. The van der Waals surface area contributed by atoms with E-state index in [0.29, 0.717) is 17.0 Å². The average Bonchev–Trinajstić information content (AvgIpc) is 2.97. The van der Waals surface area contributed by atoms with Crippen LogP contribution in [0.25, 0.3) is 11.2 Å². The van der Waals surface area contributed by atoms with Gasteiger partial charge in [0.15, 0.2) is 11.5 Å². The maximum absolute atomic E-state index is 12.1. The highest BCUT2D eigenvalue weighted by atomic mass is 19.3. The lowest BCUT2D eigenvalue weighted by molar-refractivity contribution is -0.0498. The van der Waals surface area contributed by atoms with E-state index < -0.39 is 6.61 Å². The van der Waals surface area contributed by atoms with Crippen LogP contribution in [0.5, 0.6) is 5.75 Å². The molecule has 3 rings (SSSR count). The molecular weight excluding hydrogens is 292 g/mol. The number of anilines is 1. The van der Waals surface area contributed by atoms with Crippen molar-refractivity contribution in [2.24, 2.45) is 0 Å². The minimum absolute atomic E-state index is 0.0815. The molecule has 0 amide bonds. The minimum Gasteiger partial charge on any atom is -0.435 e. The van der Waals surface area contributed by atoms with Crippen molar-refractivity contribution < 1.29 is 13.5 Å². The third-order valence-electron chi connectivity index (χ3n) is 3.18. The lowest BCUT2D eigenvalue weighted by atomic mass is 10.1. The highest BCUT2D eigenvalue weighted by Gasteiger charge is 2.11. The molecule has 0 aliphatic rings. The van der Waals surface area contributed by atoms with Crippen LogP contribution >= 0.6 is 0 Å². The van der Waals surface area contributed by atoms with E-state index in [0.717, 1.165) is 5.56 Å². The molecule has 0 aliphatic heterocycles. The Kier molecular flexibility index (Phi) is 3.82. The van der Waals surface area contributed by atoms with Gasteiger partial charge in [-0.25, -0.2) is 15.0 Å². The van der Waals surface area contributed by atoms with Crippen molar-refractivity contribution in [2.45, 2.75) is 19.6 Å². The summed E-state index contributed by atoms with van der Waals surface area (Å²) < 4.78 is 28.6. The summed E-state index contributed by atoms with van der Waals surface area (Å²) in [6, 6.07) is 6.38. The van der Waals surface area contributed by atoms with Crippen molar-refractivity contribution in [3.8, 4) is 5.75 Å². The monoisotopic (exact) mass is 305 g/mol. The molecule has 2 aromatic heterocycles. The first-order valence-corrected chi connectivity index (χ1v) is 6.59. The molecule has 0 saturated heterocycles. The number of rotatable bonds is 5. The fraction of sp³-hybridized carbons (Fsp3) is 0.214. The number of aromatic amines is 1. The SMILES string of the molecule is CC(Nc1ncnc2nc[nH]c12)c1ccc(OC(F)F)cc1. The average molecular weight is 305 g/mol. The second-order valence-electron chi connectivity index (χ2n) is 4.64. The van der Waals surface area contributed by atoms with E-state index in [9.17, 15) is 8.78 Å². The van der Waals surface area contributed by atoms with E-state index in [2.05, 4.69) is 30.0 Å². The quantitative estimate of drug-likeness (QED) is 0.757. The van der Waals surface area contributed by atoms with Crippen LogP contribution in [0.4, 0.5) is 14.6 Å². The molecule has 22 heavy (non-hydrogen) atoms. The molecule has 0 spiro atoms. The van der Waals surface area contributed by atoms with Crippen molar-refractivity contribution in [2.75, 3.05) is 5.32 Å². The van der Waals surface area contributed by atoms with E-state index in [1.807, 2.05) is 6.92 Å².